The van der Waals surface area contributed by atoms with E-state index >= 15 is 0 Å². The van der Waals surface area contributed by atoms with Gasteiger partial charge in [-0.25, -0.2) is 23.9 Å². The van der Waals surface area contributed by atoms with Crippen LogP contribution in [0, 0.1) is 0 Å². The number of carbonyl (C=O) groups excluding carboxylic acids is 1. The van der Waals surface area contributed by atoms with Crippen molar-refractivity contribution in [1.82, 2.24) is 25.3 Å². The summed E-state index contributed by atoms with van der Waals surface area (Å²) in [6, 6.07) is 2.66. The molecule has 0 aliphatic rings. The van der Waals surface area contributed by atoms with Crippen LogP contribution in [-0.4, -0.2) is 60.2 Å². The highest BCUT2D eigenvalue weighted by Gasteiger charge is 2.28. The summed E-state index contributed by atoms with van der Waals surface area (Å²) in [4.78, 5) is 50.6. The van der Waals surface area contributed by atoms with E-state index in [1.165, 1.54) is 18.3 Å². The van der Waals surface area contributed by atoms with Crippen LogP contribution >= 0.6 is 15.9 Å². The van der Waals surface area contributed by atoms with Crippen LogP contribution in [0.5, 0.6) is 0 Å². The van der Waals surface area contributed by atoms with Crippen molar-refractivity contribution >= 4 is 62.4 Å². The van der Waals surface area contributed by atoms with E-state index < -0.39 is 36.5 Å². The first-order valence-electron chi connectivity index (χ1n) is 9.53. The minimum absolute atomic E-state index is 0.0145. The molecule has 15 heteroatoms. The van der Waals surface area contributed by atoms with Gasteiger partial charge in [0.1, 0.15) is 6.04 Å². The number of rotatable bonds is 9. The first kappa shape index (κ1) is 24.5. The maximum absolute atomic E-state index is 13.4. The first-order valence-corrected chi connectivity index (χ1v) is 10.3. The van der Waals surface area contributed by atoms with Gasteiger partial charge in [-0.05, 0) is 34.1 Å². The molecule has 0 spiro atoms. The van der Waals surface area contributed by atoms with Crippen LogP contribution in [0.3, 0.4) is 0 Å². The fraction of sp³-hybridized carbons (Fsp3) is 0.211. The molecule has 0 aliphatic carbocycles. The fourth-order valence-corrected chi connectivity index (χ4v) is 3.34. The Balaban J connectivity index is 1.68. The molecule has 34 heavy (non-hydrogen) atoms. The topological polar surface area (TPSA) is 219 Å². The number of nitrogen functional groups attached to an aromatic ring is 2. The Kier molecular flexibility index (Phi) is 7.35. The summed E-state index contributed by atoms with van der Waals surface area (Å²) in [5.74, 6) is -4.10. The predicted octanol–water partition coefficient (Wildman–Crippen LogP) is 0.955. The molecule has 2 aromatic heterocycles. The molecule has 0 radical (unpaired) electrons. The number of benzene rings is 1. The maximum Gasteiger partial charge on any atom is 0.338 e. The zero-order chi connectivity index (χ0) is 25.0. The Morgan fingerprint density at radius 1 is 1.12 bits per heavy atom. The lowest BCUT2D eigenvalue weighted by atomic mass is 10.1. The third-order valence-corrected chi connectivity index (χ3v) is 5.16. The number of nitrogens with two attached hydrogens (primary N) is 2. The number of anilines is 3. The molecule has 1 amide bonds. The van der Waals surface area contributed by atoms with Crippen LogP contribution in [0.4, 0.5) is 21.8 Å². The number of hydrogen-bond acceptors (Lipinski definition) is 10. The van der Waals surface area contributed by atoms with Crippen molar-refractivity contribution in [3.63, 3.8) is 0 Å². The zero-order valence-electron chi connectivity index (χ0n) is 17.2. The second-order valence-corrected chi connectivity index (χ2v) is 7.81. The Morgan fingerprint density at radius 3 is 2.50 bits per heavy atom. The summed E-state index contributed by atoms with van der Waals surface area (Å²) in [7, 11) is 0. The molecule has 1 aromatic carbocycles. The van der Waals surface area contributed by atoms with Crippen LogP contribution < -0.4 is 22.1 Å². The van der Waals surface area contributed by atoms with Crippen LogP contribution in [-0.2, 0) is 16.1 Å². The number of hydrogen-bond donors (Lipinski definition) is 6. The van der Waals surface area contributed by atoms with Gasteiger partial charge >= 0.3 is 11.9 Å². The van der Waals surface area contributed by atoms with E-state index in [4.69, 9.17) is 21.7 Å². The van der Waals surface area contributed by atoms with Crippen LogP contribution in [0.15, 0.2) is 28.9 Å². The first-order chi connectivity index (χ1) is 16.0. The Labute approximate surface area is 198 Å². The lowest BCUT2D eigenvalue weighted by molar-refractivity contribution is -0.145. The van der Waals surface area contributed by atoms with Crippen molar-refractivity contribution in [3.8, 4) is 0 Å². The standard InChI is InChI=1S/C19H18BrFN8O5/c20-9-3-7(16(30)27-12(18(33)34)4-10(21)17(31)32)1-2-11(9)24-5-8-6-25-15-13(26-8)14(22)28-19(23)29-15/h1-3,6,10,12,24H,4-5H2,(H,27,30)(H,31,32)(H,33,34)(H4,22,23,25,28,29)/t10?,12-/m0/s1. The highest BCUT2D eigenvalue weighted by molar-refractivity contribution is 9.10. The van der Waals surface area contributed by atoms with E-state index in [0.29, 0.717) is 21.4 Å². The number of nitrogens with one attached hydrogen (secondary N) is 2. The van der Waals surface area contributed by atoms with Gasteiger partial charge in [0, 0.05) is 22.1 Å². The number of carbonyl (C=O) groups is 3. The summed E-state index contributed by atoms with van der Waals surface area (Å²) in [6.07, 6.45) is -1.86. The van der Waals surface area contributed by atoms with Gasteiger partial charge < -0.3 is 32.3 Å². The van der Waals surface area contributed by atoms with Gasteiger partial charge in [-0.3, -0.25) is 4.79 Å². The smallest absolute Gasteiger partial charge is 0.338 e. The van der Waals surface area contributed by atoms with Crippen LogP contribution in [0.25, 0.3) is 11.2 Å². The van der Waals surface area contributed by atoms with Crippen molar-refractivity contribution in [3.05, 3.63) is 40.1 Å². The summed E-state index contributed by atoms with van der Waals surface area (Å²) in [5, 5.41) is 23.0. The van der Waals surface area contributed by atoms with E-state index in [1.54, 1.807) is 6.07 Å². The molecule has 0 saturated carbocycles. The molecular formula is C19H18BrFN8O5. The number of amides is 1. The average molecular weight is 537 g/mol. The SMILES string of the molecule is Nc1nc(N)c2nc(CNc3ccc(C(=O)N[C@@H](CC(F)C(=O)O)C(=O)O)cc3Br)cnc2n1. The molecule has 1 unspecified atom stereocenters. The van der Waals surface area contributed by atoms with Gasteiger partial charge in [-0.1, -0.05) is 0 Å². The number of aliphatic carboxylic acids is 2. The van der Waals surface area contributed by atoms with Crippen LogP contribution in [0.2, 0.25) is 0 Å². The van der Waals surface area contributed by atoms with Gasteiger partial charge in [0.25, 0.3) is 5.91 Å². The second kappa shape index (κ2) is 10.2. The highest BCUT2D eigenvalue weighted by atomic mass is 79.9. The van der Waals surface area contributed by atoms with Gasteiger partial charge in [-0.2, -0.15) is 9.97 Å². The van der Waals surface area contributed by atoms with E-state index in [-0.39, 0.29) is 29.5 Å². The van der Waals surface area contributed by atoms with Crippen molar-refractivity contribution in [2.75, 3.05) is 16.8 Å². The minimum atomic E-state index is -2.43. The van der Waals surface area contributed by atoms with Crippen molar-refractivity contribution in [1.29, 1.82) is 0 Å². The maximum atomic E-state index is 13.4. The van der Waals surface area contributed by atoms with E-state index in [2.05, 4.69) is 46.5 Å². The molecule has 0 aliphatic heterocycles. The number of halogens is 2. The second-order valence-electron chi connectivity index (χ2n) is 6.95. The minimum Gasteiger partial charge on any atom is -0.480 e. The number of alkyl halides is 1. The Hall–Kier alpha value is -4.14. The Bertz CT molecular complexity index is 1280. The van der Waals surface area contributed by atoms with Crippen molar-refractivity contribution in [2.24, 2.45) is 0 Å². The summed E-state index contributed by atoms with van der Waals surface area (Å²) < 4.78 is 13.9. The van der Waals surface area contributed by atoms with Crippen molar-refractivity contribution < 1.29 is 29.0 Å². The zero-order valence-corrected chi connectivity index (χ0v) is 18.8. The van der Waals surface area contributed by atoms with Gasteiger partial charge in [-0.15, -0.1) is 0 Å². The normalized spacial score (nSPS) is 12.6. The third-order valence-electron chi connectivity index (χ3n) is 4.51. The molecular weight excluding hydrogens is 519 g/mol. The number of fused-ring (bicyclic) bond motifs is 1. The molecule has 2 heterocycles. The van der Waals surface area contributed by atoms with Gasteiger partial charge in [0.15, 0.2) is 23.2 Å². The molecule has 8 N–H and O–H groups in total. The lowest BCUT2D eigenvalue weighted by Crippen LogP contribution is -2.43. The van der Waals surface area contributed by atoms with E-state index in [9.17, 15) is 18.8 Å². The number of aromatic nitrogens is 4. The summed E-state index contributed by atoms with van der Waals surface area (Å²) >= 11 is 3.32. The van der Waals surface area contributed by atoms with E-state index in [1.807, 2.05) is 0 Å². The van der Waals surface area contributed by atoms with E-state index in [0.717, 1.165) is 0 Å². The van der Waals surface area contributed by atoms with Gasteiger partial charge in [0.05, 0.1) is 18.4 Å². The van der Waals surface area contributed by atoms with Crippen molar-refractivity contribution in [2.45, 2.75) is 25.2 Å². The predicted molar refractivity (Wildman–Crippen MR) is 121 cm³/mol. The number of carboxylic acids is 2. The molecule has 13 nitrogen and oxygen atoms in total. The average Bonchev–Trinajstić information content (AvgIpc) is 2.77. The summed E-state index contributed by atoms with van der Waals surface area (Å²) in [5.41, 5.74) is 13.1. The molecule has 3 rings (SSSR count). The quantitative estimate of drug-likeness (QED) is 0.225. The monoisotopic (exact) mass is 536 g/mol. The molecule has 0 bridgehead atoms. The molecule has 3 aromatic rings. The highest BCUT2D eigenvalue weighted by Crippen LogP contribution is 2.25. The lowest BCUT2D eigenvalue weighted by Gasteiger charge is -2.16. The largest absolute Gasteiger partial charge is 0.480 e. The molecule has 2 atom stereocenters. The third kappa shape index (κ3) is 5.80. The molecule has 0 saturated heterocycles. The molecule has 178 valence electrons. The number of carboxylic acid groups (broad SMARTS) is 2. The fourth-order valence-electron chi connectivity index (χ4n) is 2.82. The van der Waals surface area contributed by atoms with Crippen LogP contribution in [0.1, 0.15) is 22.5 Å². The summed E-state index contributed by atoms with van der Waals surface area (Å²) in [6.45, 7) is 0.227. The van der Waals surface area contributed by atoms with Gasteiger partial charge in [0.2, 0.25) is 5.95 Å². The Morgan fingerprint density at radius 2 is 1.85 bits per heavy atom. The molecule has 0 fully saturated rings. The number of nitrogens with zero attached hydrogens (tertiary/aromatic N) is 4.